The quantitative estimate of drug-likeness (QED) is 0.723. The van der Waals surface area contributed by atoms with Crippen LogP contribution >= 0.6 is 11.8 Å². The summed E-state index contributed by atoms with van der Waals surface area (Å²) in [6, 6.07) is 1.33. The van der Waals surface area contributed by atoms with Gasteiger partial charge in [-0.05, 0) is 37.7 Å². The number of thioether (sulfide) groups is 1. The minimum absolute atomic E-state index is 0.566. The van der Waals surface area contributed by atoms with Gasteiger partial charge in [0.25, 0.3) is 0 Å². The van der Waals surface area contributed by atoms with Crippen molar-refractivity contribution < 1.29 is 0 Å². The van der Waals surface area contributed by atoms with Gasteiger partial charge in [0.2, 0.25) is 0 Å². The Kier molecular flexibility index (Phi) is 4.92. The van der Waals surface area contributed by atoms with Gasteiger partial charge in [-0.25, -0.2) is 4.98 Å². The third kappa shape index (κ3) is 4.36. The van der Waals surface area contributed by atoms with Gasteiger partial charge >= 0.3 is 0 Å². The molecule has 0 bridgehead atoms. The predicted octanol–water partition coefficient (Wildman–Crippen LogP) is 2.84. The van der Waals surface area contributed by atoms with Crippen molar-refractivity contribution in [1.82, 2.24) is 14.9 Å². The lowest BCUT2D eigenvalue weighted by Crippen LogP contribution is -2.15. The zero-order valence-corrected chi connectivity index (χ0v) is 11.7. The first kappa shape index (κ1) is 13.0. The third-order valence-electron chi connectivity index (χ3n) is 3.20. The van der Waals surface area contributed by atoms with Crippen LogP contribution < -0.4 is 5.32 Å². The summed E-state index contributed by atoms with van der Waals surface area (Å²) in [5.74, 6) is 2.46. The highest BCUT2D eigenvalue weighted by Crippen LogP contribution is 2.19. The molecule has 1 heterocycles. The second-order valence-corrected chi connectivity index (χ2v) is 6.20. The van der Waals surface area contributed by atoms with E-state index in [2.05, 4.69) is 34.9 Å². The van der Waals surface area contributed by atoms with Gasteiger partial charge in [-0.15, -0.1) is 0 Å². The van der Waals surface area contributed by atoms with Crippen LogP contribution in [0.1, 0.15) is 44.8 Å². The minimum Gasteiger partial charge on any atom is -0.334 e. The van der Waals surface area contributed by atoms with Crippen LogP contribution in [0.5, 0.6) is 0 Å². The van der Waals surface area contributed by atoms with Crippen LogP contribution in [0.25, 0.3) is 0 Å². The second-order valence-electron chi connectivity index (χ2n) is 4.80. The maximum absolute atomic E-state index is 4.46. The highest BCUT2D eigenvalue weighted by molar-refractivity contribution is 7.99. The zero-order valence-electron chi connectivity index (χ0n) is 10.9. The van der Waals surface area contributed by atoms with Crippen LogP contribution in [0, 0.1) is 0 Å². The molecule has 3 nitrogen and oxygen atoms in total. The van der Waals surface area contributed by atoms with Crippen molar-refractivity contribution in [2.75, 3.05) is 11.5 Å². The van der Waals surface area contributed by atoms with E-state index in [1.807, 2.05) is 18.1 Å². The highest BCUT2D eigenvalue weighted by atomic mass is 32.2. The number of imidazole rings is 1. The molecule has 1 aromatic heterocycles. The topological polar surface area (TPSA) is 29.9 Å². The normalized spacial score (nSPS) is 17.3. The van der Waals surface area contributed by atoms with E-state index in [-0.39, 0.29) is 0 Å². The van der Waals surface area contributed by atoms with Gasteiger partial charge in [-0.2, -0.15) is 11.8 Å². The smallest absolute Gasteiger partial charge is 0.0952 e. The van der Waals surface area contributed by atoms with Crippen molar-refractivity contribution in [3.8, 4) is 0 Å². The zero-order chi connectivity index (χ0) is 12.1. The minimum atomic E-state index is 0.566. The van der Waals surface area contributed by atoms with E-state index in [4.69, 9.17) is 0 Å². The van der Waals surface area contributed by atoms with Crippen LogP contribution in [0.4, 0.5) is 0 Å². The number of nitrogens with one attached hydrogen (secondary N) is 1. The van der Waals surface area contributed by atoms with E-state index in [9.17, 15) is 0 Å². The Hall–Kier alpha value is -0.480. The van der Waals surface area contributed by atoms with Gasteiger partial charge in [0.05, 0.1) is 12.0 Å². The summed E-state index contributed by atoms with van der Waals surface area (Å²) in [7, 11) is 0. The monoisotopic (exact) mass is 253 g/mol. The van der Waals surface area contributed by atoms with Crippen LogP contribution in [0.2, 0.25) is 0 Å². The molecule has 1 aromatic rings. The van der Waals surface area contributed by atoms with E-state index in [0.717, 1.165) is 12.6 Å². The van der Waals surface area contributed by atoms with Gasteiger partial charge in [-0.1, -0.05) is 6.92 Å². The molecule has 1 atom stereocenters. The van der Waals surface area contributed by atoms with Gasteiger partial charge in [0.15, 0.2) is 0 Å². The fourth-order valence-corrected chi connectivity index (χ4v) is 2.59. The molecule has 96 valence electrons. The van der Waals surface area contributed by atoms with Gasteiger partial charge in [-0.3, -0.25) is 0 Å². The molecule has 0 radical (unpaired) electrons. The van der Waals surface area contributed by atoms with Crippen molar-refractivity contribution in [2.24, 2.45) is 0 Å². The van der Waals surface area contributed by atoms with Crippen LogP contribution in [0.15, 0.2) is 12.5 Å². The molecule has 2 rings (SSSR count). The Balaban J connectivity index is 1.75. The molecular weight excluding hydrogens is 230 g/mol. The van der Waals surface area contributed by atoms with E-state index in [1.165, 1.54) is 36.5 Å². The molecule has 1 unspecified atom stereocenters. The summed E-state index contributed by atoms with van der Waals surface area (Å²) in [6.07, 6.45) is 8.07. The van der Waals surface area contributed by atoms with Crippen LogP contribution in [0.3, 0.4) is 0 Å². The molecule has 4 heteroatoms. The number of hydrogen-bond acceptors (Lipinski definition) is 3. The first-order chi connectivity index (χ1) is 8.29. The highest BCUT2D eigenvalue weighted by Gasteiger charge is 2.20. The van der Waals surface area contributed by atoms with Gasteiger partial charge < -0.3 is 9.88 Å². The molecule has 1 aliphatic rings. The van der Waals surface area contributed by atoms with Gasteiger partial charge in [0.1, 0.15) is 0 Å². The maximum atomic E-state index is 4.46. The molecule has 1 aliphatic carbocycles. The Bertz CT molecular complexity index is 333. The van der Waals surface area contributed by atoms with Crippen molar-refractivity contribution in [1.29, 1.82) is 0 Å². The lowest BCUT2D eigenvalue weighted by atomic mass is 10.2. The number of nitrogens with zero attached hydrogens (tertiary/aromatic N) is 2. The second kappa shape index (κ2) is 6.45. The van der Waals surface area contributed by atoms with Crippen molar-refractivity contribution in [2.45, 2.75) is 51.7 Å². The van der Waals surface area contributed by atoms with Crippen LogP contribution in [-0.2, 0) is 6.54 Å². The molecule has 1 saturated carbocycles. The number of aromatic nitrogens is 2. The summed E-state index contributed by atoms with van der Waals surface area (Å²) in [5.41, 5.74) is 1.17. The molecule has 0 amide bonds. The fraction of sp³-hybridized carbons (Fsp3) is 0.769. The van der Waals surface area contributed by atoms with E-state index >= 15 is 0 Å². The average molecular weight is 253 g/mol. The molecule has 1 N–H and O–H groups in total. The molecular formula is C13H23N3S. The SMILES string of the molecule is CCSCCC(C)n1cnc(CNC2CC2)c1. The lowest BCUT2D eigenvalue weighted by molar-refractivity contribution is 0.533. The predicted molar refractivity (Wildman–Crippen MR) is 74.4 cm³/mol. The summed E-state index contributed by atoms with van der Waals surface area (Å²) < 4.78 is 2.25. The van der Waals surface area contributed by atoms with E-state index < -0.39 is 0 Å². The van der Waals surface area contributed by atoms with Crippen molar-refractivity contribution >= 4 is 11.8 Å². The summed E-state index contributed by atoms with van der Waals surface area (Å²) >= 11 is 2.01. The van der Waals surface area contributed by atoms with E-state index in [1.54, 1.807) is 0 Å². The molecule has 0 aromatic carbocycles. The average Bonchev–Trinajstić information content (AvgIpc) is 3.04. The molecule has 0 saturated heterocycles. The van der Waals surface area contributed by atoms with Crippen LogP contribution in [-0.4, -0.2) is 27.1 Å². The largest absolute Gasteiger partial charge is 0.334 e. The standard InChI is InChI=1S/C13H23N3S/c1-3-17-7-6-11(2)16-9-13(15-10-16)8-14-12-4-5-12/h9-12,14H,3-8H2,1-2H3. The summed E-state index contributed by atoms with van der Waals surface area (Å²) in [6.45, 7) is 5.41. The Morgan fingerprint density at radius 1 is 1.59 bits per heavy atom. The molecule has 0 aliphatic heterocycles. The first-order valence-corrected chi connectivity index (χ1v) is 7.78. The number of hydrogen-bond donors (Lipinski definition) is 1. The third-order valence-corrected chi connectivity index (χ3v) is 4.13. The Labute approximate surface area is 108 Å². The summed E-state index contributed by atoms with van der Waals surface area (Å²) in [4.78, 5) is 4.46. The Morgan fingerprint density at radius 3 is 3.12 bits per heavy atom. The Morgan fingerprint density at radius 2 is 2.41 bits per heavy atom. The number of rotatable bonds is 8. The summed E-state index contributed by atoms with van der Waals surface area (Å²) in [5, 5.41) is 3.50. The molecule has 0 spiro atoms. The first-order valence-electron chi connectivity index (χ1n) is 6.63. The molecule has 1 fully saturated rings. The van der Waals surface area contributed by atoms with E-state index in [0.29, 0.717) is 6.04 Å². The maximum Gasteiger partial charge on any atom is 0.0952 e. The molecule has 17 heavy (non-hydrogen) atoms. The van der Waals surface area contributed by atoms with Crippen molar-refractivity contribution in [3.05, 3.63) is 18.2 Å². The van der Waals surface area contributed by atoms with Gasteiger partial charge in [0, 0.05) is 24.8 Å². The fourth-order valence-electron chi connectivity index (χ4n) is 1.80. The van der Waals surface area contributed by atoms with Crippen molar-refractivity contribution in [3.63, 3.8) is 0 Å². The lowest BCUT2D eigenvalue weighted by Gasteiger charge is -2.11.